The Labute approximate surface area is 71.6 Å². The van der Waals surface area contributed by atoms with E-state index in [0.29, 0.717) is 0 Å². The van der Waals surface area contributed by atoms with Crippen LogP contribution in [-0.2, 0) is 0 Å². The Hall–Kier alpha value is -0.0400. The van der Waals surface area contributed by atoms with Crippen LogP contribution in [0, 0.1) is 11.8 Å². The molecule has 0 atom stereocenters. The van der Waals surface area contributed by atoms with Gasteiger partial charge in [0, 0.05) is 13.1 Å². The lowest BCUT2D eigenvalue weighted by Gasteiger charge is -2.06. The van der Waals surface area contributed by atoms with Gasteiger partial charge in [0.1, 0.15) is 0 Å². The van der Waals surface area contributed by atoms with Gasteiger partial charge in [-0.2, -0.15) is 0 Å². The average Bonchev–Trinajstić information content (AvgIpc) is 1.85. The fourth-order valence-corrected chi connectivity index (χ4v) is 0.811. The van der Waals surface area contributed by atoms with E-state index in [9.17, 15) is 0 Å². The topological polar surface area (TPSA) is 14.1 Å². The Kier molecular flexibility index (Phi) is 6.63. The zero-order valence-corrected chi connectivity index (χ0v) is 8.43. The van der Waals surface area contributed by atoms with Crippen molar-refractivity contribution >= 4 is 0 Å². The van der Waals surface area contributed by atoms with Gasteiger partial charge in [-0.3, -0.25) is 0 Å². The smallest absolute Gasteiger partial charge is 0.0135 e. The molecule has 1 heteroatoms. The van der Waals surface area contributed by atoms with Gasteiger partial charge < -0.3 is 0 Å². The van der Waals surface area contributed by atoms with Crippen molar-refractivity contribution in [1.82, 2.24) is 5.32 Å². The molecular weight excluding hydrogens is 134 g/mol. The van der Waals surface area contributed by atoms with Gasteiger partial charge in [0.25, 0.3) is 0 Å². The van der Waals surface area contributed by atoms with Gasteiger partial charge in [-0.15, -0.1) is 0 Å². The summed E-state index contributed by atoms with van der Waals surface area (Å²) in [5.41, 5.74) is 0. The van der Waals surface area contributed by atoms with Crippen molar-refractivity contribution in [3.05, 3.63) is 0 Å². The third-order valence-corrected chi connectivity index (χ3v) is 1.73. The summed E-state index contributed by atoms with van der Waals surface area (Å²) >= 11 is 0. The summed E-state index contributed by atoms with van der Waals surface area (Å²) in [4.78, 5) is 0. The highest BCUT2D eigenvalue weighted by Crippen LogP contribution is 1.99. The Bertz CT molecular complexity index is 66.9. The summed E-state index contributed by atoms with van der Waals surface area (Å²) in [6.07, 6.45) is 2.50. The molecule has 0 spiro atoms. The van der Waals surface area contributed by atoms with Crippen molar-refractivity contribution in [1.29, 1.82) is 0 Å². The largest absolute Gasteiger partial charge is 0.242 e. The molecule has 1 nitrogen and oxygen atoms in total. The summed E-state index contributed by atoms with van der Waals surface area (Å²) in [6.45, 7) is 11.1. The second-order valence-electron chi connectivity index (χ2n) is 4.04. The Balaban J connectivity index is 2.91. The SMILES string of the molecule is CC(C)CC[N]CCC(C)C. The summed E-state index contributed by atoms with van der Waals surface area (Å²) in [6, 6.07) is 0. The van der Waals surface area contributed by atoms with Crippen LogP contribution in [0.5, 0.6) is 0 Å². The van der Waals surface area contributed by atoms with Crippen molar-refractivity contribution in [2.75, 3.05) is 13.1 Å². The molecule has 0 amide bonds. The molecule has 0 heterocycles. The fourth-order valence-electron chi connectivity index (χ4n) is 0.811. The standard InChI is InChI=1S/C10H22N/c1-9(2)5-7-11-8-6-10(3)4/h9-10H,5-8H2,1-4H3. The van der Waals surface area contributed by atoms with Crippen LogP contribution in [0.15, 0.2) is 0 Å². The molecule has 11 heavy (non-hydrogen) atoms. The van der Waals surface area contributed by atoms with Gasteiger partial charge in [0.05, 0.1) is 0 Å². The maximum Gasteiger partial charge on any atom is 0.0135 e. The second-order valence-corrected chi connectivity index (χ2v) is 4.04. The van der Waals surface area contributed by atoms with Gasteiger partial charge in [-0.1, -0.05) is 27.7 Å². The molecule has 0 saturated heterocycles. The third kappa shape index (κ3) is 9.96. The molecule has 0 rings (SSSR count). The van der Waals surface area contributed by atoms with Crippen LogP contribution >= 0.6 is 0 Å². The van der Waals surface area contributed by atoms with Crippen LogP contribution in [0.1, 0.15) is 40.5 Å². The van der Waals surface area contributed by atoms with Gasteiger partial charge >= 0.3 is 0 Å². The van der Waals surface area contributed by atoms with E-state index in [2.05, 4.69) is 33.0 Å². The first-order valence-electron chi connectivity index (χ1n) is 4.76. The number of hydrogen-bond acceptors (Lipinski definition) is 0. The summed E-state index contributed by atoms with van der Waals surface area (Å²) < 4.78 is 0. The van der Waals surface area contributed by atoms with Crippen LogP contribution < -0.4 is 5.32 Å². The normalized spacial score (nSPS) is 11.5. The number of nitrogens with zero attached hydrogens (tertiary/aromatic N) is 1. The summed E-state index contributed by atoms with van der Waals surface area (Å²) in [5.74, 6) is 1.61. The molecule has 0 aromatic carbocycles. The molecule has 0 aliphatic heterocycles. The molecule has 67 valence electrons. The van der Waals surface area contributed by atoms with E-state index < -0.39 is 0 Å². The van der Waals surface area contributed by atoms with E-state index in [1.54, 1.807) is 0 Å². The highest BCUT2D eigenvalue weighted by molar-refractivity contribution is 4.52. The van der Waals surface area contributed by atoms with Crippen molar-refractivity contribution in [3.8, 4) is 0 Å². The maximum absolute atomic E-state index is 4.45. The van der Waals surface area contributed by atoms with Crippen molar-refractivity contribution < 1.29 is 0 Å². The number of hydrogen-bond donors (Lipinski definition) is 0. The van der Waals surface area contributed by atoms with E-state index in [4.69, 9.17) is 0 Å². The predicted octanol–water partition coefficient (Wildman–Crippen LogP) is 2.68. The molecule has 0 aromatic rings. The first kappa shape index (κ1) is 11.0. The molecule has 0 aliphatic carbocycles. The minimum absolute atomic E-state index is 0.804. The van der Waals surface area contributed by atoms with Crippen LogP contribution in [0.25, 0.3) is 0 Å². The Morgan fingerprint density at radius 2 is 1.18 bits per heavy atom. The molecule has 0 aromatic heterocycles. The molecule has 0 saturated carbocycles. The van der Waals surface area contributed by atoms with Gasteiger partial charge in [0.2, 0.25) is 0 Å². The second kappa shape index (κ2) is 6.66. The molecule has 0 bridgehead atoms. The van der Waals surface area contributed by atoms with E-state index >= 15 is 0 Å². The van der Waals surface area contributed by atoms with Crippen LogP contribution in [0.2, 0.25) is 0 Å². The quantitative estimate of drug-likeness (QED) is 0.525. The molecule has 0 unspecified atom stereocenters. The summed E-state index contributed by atoms with van der Waals surface area (Å²) in [7, 11) is 0. The maximum atomic E-state index is 4.45. The predicted molar refractivity (Wildman–Crippen MR) is 50.8 cm³/mol. The van der Waals surface area contributed by atoms with Gasteiger partial charge in [0.15, 0.2) is 0 Å². The Morgan fingerprint density at radius 3 is 1.45 bits per heavy atom. The third-order valence-electron chi connectivity index (χ3n) is 1.73. The van der Waals surface area contributed by atoms with Crippen LogP contribution in [0.4, 0.5) is 0 Å². The van der Waals surface area contributed by atoms with E-state index in [-0.39, 0.29) is 0 Å². The van der Waals surface area contributed by atoms with E-state index in [1.807, 2.05) is 0 Å². The van der Waals surface area contributed by atoms with E-state index in [1.165, 1.54) is 12.8 Å². The average molecular weight is 156 g/mol. The zero-order valence-electron chi connectivity index (χ0n) is 8.43. The molecule has 0 N–H and O–H groups in total. The van der Waals surface area contributed by atoms with Crippen molar-refractivity contribution in [2.24, 2.45) is 11.8 Å². The lowest BCUT2D eigenvalue weighted by Crippen LogP contribution is -2.12. The summed E-state index contributed by atoms with van der Waals surface area (Å²) in [5, 5.41) is 4.45. The molecule has 1 radical (unpaired) electrons. The highest BCUT2D eigenvalue weighted by atomic mass is 14.8. The lowest BCUT2D eigenvalue weighted by atomic mass is 10.1. The first-order valence-corrected chi connectivity index (χ1v) is 4.76. The minimum atomic E-state index is 0.804. The fraction of sp³-hybridized carbons (Fsp3) is 1.00. The van der Waals surface area contributed by atoms with Crippen molar-refractivity contribution in [3.63, 3.8) is 0 Å². The lowest BCUT2D eigenvalue weighted by molar-refractivity contribution is 0.492. The zero-order chi connectivity index (χ0) is 8.69. The molecular formula is C10H22N. The molecule has 0 fully saturated rings. The van der Waals surface area contributed by atoms with Crippen LogP contribution in [-0.4, -0.2) is 13.1 Å². The van der Waals surface area contributed by atoms with Crippen LogP contribution in [0.3, 0.4) is 0 Å². The highest BCUT2D eigenvalue weighted by Gasteiger charge is 1.95. The van der Waals surface area contributed by atoms with Crippen molar-refractivity contribution in [2.45, 2.75) is 40.5 Å². The van der Waals surface area contributed by atoms with E-state index in [0.717, 1.165) is 24.9 Å². The Morgan fingerprint density at radius 1 is 0.818 bits per heavy atom. The van der Waals surface area contributed by atoms with Gasteiger partial charge in [-0.25, -0.2) is 5.32 Å². The van der Waals surface area contributed by atoms with Gasteiger partial charge in [-0.05, 0) is 24.7 Å². The minimum Gasteiger partial charge on any atom is -0.242 e. The first-order chi connectivity index (χ1) is 5.13. The molecule has 0 aliphatic rings. The monoisotopic (exact) mass is 156 g/mol. The number of rotatable bonds is 6.